The minimum Gasteiger partial charge on any atom is -0.328 e. The molecule has 0 aromatic heterocycles. The van der Waals surface area contributed by atoms with Gasteiger partial charge in [-0.3, -0.25) is 4.79 Å². The topological polar surface area (TPSA) is 72.3 Å². The Labute approximate surface area is 99.1 Å². The number of amides is 1. The first-order valence-electron chi connectivity index (χ1n) is 5.31. The van der Waals surface area contributed by atoms with Crippen LogP contribution in [0.4, 0.5) is 0 Å². The number of carbonyl (C=O) groups excluding carboxylic acids is 1. The maximum absolute atomic E-state index is 12.0. The van der Waals surface area contributed by atoms with Gasteiger partial charge in [-0.25, -0.2) is 0 Å². The average Bonchev–Trinajstić information content (AvgIpc) is 2.43. The fraction of sp³-hybridized carbons (Fsp3) is 0.364. The van der Waals surface area contributed by atoms with Gasteiger partial charge in [0.05, 0.1) is 0 Å². The summed E-state index contributed by atoms with van der Waals surface area (Å²) in [7, 11) is 1.68. The monoisotopic (exact) mass is 231 g/mol. The van der Waals surface area contributed by atoms with Gasteiger partial charge in [0.1, 0.15) is 11.9 Å². The SMILES string of the molecule is C=C1C=CC=C2N(C)C(=O)C(N=[N+]=[N-])CCN12. The number of carbonyl (C=O) groups is 1. The highest BCUT2D eigenvalue weighted by atomic mass is 16.2. The van der Waals surface area contributed by atoms with Crippen molar-refractivity contribution in [3.63, 3.8) is 0 Å². The highest BCUT2D eigenvalue weighted by Crippen LogP contribution is 2.25. The highest BCUT2D eigenvalue weighted by molar-refractivity contribution is 5.84. The molecule has 1 amide bonds. The molecule has 1 atom stereocenters. The van der Waals surface area contributed by atoms with Crippen molar-refractivity contribution < 1.29 is 4.79 Å². The van der Waals surface area contributed by atoms with Gasteiger partial charge in [0.15, 0.2) is 0 Å². The molecule has 0 N–H and O–H groups in total. The van der Waals surface area contributed by atoms with Crippen molar-refractivity contribution >= 4 is 5.91 Å². The summed E-state index contributed by atoms with van der Waals surface area (Å²) in [6.07, 6.45) is 6.09. The van der Waals surface area contributed by atoms with Crippen molar-refractivity contribution in [2.24, 2.45) is 5.11 Å². The zero-order valence-electron chi connectivity index (χ0n) is 9.58. The summed E-state index contributed by atoms with van der Waals surface area (Å²) in [5, 5.41) is 3.54. The smallest absolute Gasteiger partial charge is 0.236 e. The second kappa shape index (κ2) is 4.35. The fourth-order valence-electron chi connectivity index (χ4n) is 2.00. The van der Waals surface area contributed by atoms with Crippen LogP contribution in [0, 0.1) is 0 Å². The van der Waals surface area contributed by atoms with E-state index in [1.54, 1.807) is 7.05 Å². The predicted octanol–water partition coefficient (Wildman–Crippen LogP) is 1.75. The molecular weight excluding hydrogens is 218 g/mol. The van der Waals surface area contributed by atoms with Crippen LogP contribution in [0.2, 0.25) is 0 Å². The van der Waals surface area contributed by atoms with Crippen LogP contribution < -0.4 is 0 Å². The van der Waals surface area contributed by atoms with E-state index in [0.29, 0.717) is 13.0 Å². The van der Waals surface area contributed by atoms with Gasteiger partial charge >= 0.3 is 0 Å². The lowest BCUT2D eigenvalue weighted by Crippen LogP contribution is -2.36. The van der Waals surface area contributed by atoms with Crippen LogP contribution in [-0.4, -0.2) is 35.3 Å². The van der Waals surface area contributed by atoms with Gasteiger partial charge in [-0.1, -0.05) is 17.8 Å². The Morgan fingerprint density at radius 3 is 3.12 bits per heavy atom. The molecular formula is C11H13N5O. The summed E-state index contributed by atoms with van der Waals surface area (Å²) in [4.78, 5) is 18.2. The molecule has 17 heavy (non-hydrogen) atoms. The summed E-state index contributed by atoms with van der Waals surface area (Å²) >= 11 is 0. The predicted molar refractivity (Wildman–Crippen MR) is 63.4 cm³/mol. The first kappa shape index (κ1) is 11.3. The zero-order chi connectivity index (χ0) is 12.4. The molecule has 0 radical (unpaired) electrons. The molecule has 0 aromatic carbocycles. The molecule has 2 heterocycles. The van der Waals surface area contributed by atoms with E-state index in [0.717, 1.165) is 11.5 Å². The van der Waals surface area contributed by atoms with Crippen LogP contribution in [0.15, 0.2) is 41.4 Å². The molecule has 2 aliphatic rings. The Kier molecular flexibility index (Phi) is 2.89. The van der Waals surface area contributed by atoms with Gasteiger partial charge in [-0.2, -0.15) is 0 Å². The number of hydrogen-bond donors (Lipinski definition) is 0. The third-order valence-corrected chi connectivity index (χ3v) is 2.93. The second-order valence-electron chi connectivity index (χ2n) is 3.93. The lowest BCUT2D eigenvalue weighted by molar-refractivity contribution is -0.129. The van der Waals surface area contributed by atoms with E-state index >= 15 is 0 Å². The van der Waals surface area contributed by atoms with Crippen LogP contribution in [0.25, 0.3) is 10.4 Å². The van der Waals surface area contributed by atoms with Crippen molar-refractivity contribution in [3.8, 4) is 0 Å². The summed E-state index contributed by atoms with van der Waals surface area (Å²) in [6.45, 7) is 4.55. The van der Waals surface area contributed by atoms with E-state index in [4.69, 9.17) is 5.53 Å². The van der Waals surface area contributed by atoms with Crippen molar-refractivity contribution in [2.75, 3.05) is 13.6 Å². The summed E-state index contributed by atoms with van der Waals surface area (Å²) in [5.41, 5.74) is 9.29. The van der Waals surface area contributed by atoms with Gasteiger partial charge in [-0.05, 0) is 24.1 Å². The maximum atomic E-state index is 12.0. The highest BCUT2D eigenvalue weighted by Gasteiger charge is 2.31. The van der Waals surface area contributed by atoms with E-state index in [1.165, 1.54) is 4.90 Å². The molecule has 6 nitrogen and oxygen atoms in total. The first-order valence-corrected chi connectivity index (χ1v) is 5.31. The number of allylic oxidation sites excluding steroid dienone is 3. The first-order chi connectivity index (χ1) is 8.15. The summed E-state index contributed by atoms with van der Waals surface area (Å²) in [5.74, 6) is 0.595. The Hall–Kier alpha value is -2.20. The van der Waals surface area contributed by atoms with E-state index in [9.17, 15) is 4.79 Å². The molecule has 1 fully saturated rings. The molecule has 2 rings (SSSR count). The van der Waals surface area contributed by atoms with E-state index in [1.807, 2.05) is 23.1 Å². The molecule has 6 heteroatoms. The van der Waals surface area contributed by atoms with Crippen LogP contribution in [0.3, 0.4) is 0 Å². The standard InChI is InChI=1S/C11H13N5O/c1-8-4-3-5-10-15(2)11(17)9(13-14-12)6-7-16(8)10/h3-5,9H,1,6-7H2,2H3. The van der Waals surface area contributed by atoms with Gasteiger partial charge in [-0.15, -0.1) is 0 Å². The zero-order valence-corrected chi connectivity index (χ0v) is 9.58. The minimum absolute atomic E-state index is 0.181. The molecule has 1 saturated heterocycles. The molecule has 0 spiro atoms. The summed E-state index contributed by atoms with van der Waals surface area (Å²) < 4.78 is 0. The number of nitrogens with zero attached hydrogens (tertiary/aromatic N) is 5. The Morgan fingerprint density at radius 1 is 1.65 bits per heavy atom. The molecule has 0 aliphatic carbocycles. The molecule has 1 unspecified atom stereocenters. The van der Waals surface area contributed by atoms with Gasteiger partial charge in [0.2, 0.25) is 5.91 Å². The van der Waals surface area contributed by atoms with Crippen LogP contribution in [0.5, 0.6) is 0 Å². The third kappa shape index (κ3) is 1.90. The van der Waals surface area contributed by atoms with Crippen molar-refractivity contribution in [1.82, 2.24) is 9.80 Å². The number of rotatable bonds is 1. The van der Waals surface area contributed by atoms with Crippen molar-refractivity contribution in [2.45, 2.75) is 12.5 Å². The Morgan fingerprint density at radius 2 is 2.41 bits per heavy atom. The maximum Gasteiger partial charge on any atom is 0.236 e. The van der Waals surface area contributed by atoms with E-state index < -0.39 is 6.04 Å². The van der Waals surface area contributed by atoms with E-state index in [2.05, 4.69) is 16.6 Å². The normalized spacial score (nSPS) is 23.8. The van der Waals surface area contributed by atoms with Gasteiger partial charge in [0.25, 0.3) is 0 Å². The van der Waals surface area contributed by atoms with Crippen LogP contribution >= 0.6 is 0 Å². The molecule has 0 aromatic rings. The lowest BCUT2D eigenvalue weighted by Gasteiger charge is -2.31. The van der Waals surface area contributed by atoms with Crippen LogP contribution in [-0.2, 0) is 4.79 Å². The summed E-state index contributed by atoms with van der Waals surface area (Å²) in [6, 6.07) is -0.635. The van der Waals surface area contributed by atoms with Gasteiger partial charge < -0.3 is 9.80 Å². The number of likely N-dealkylation sites (N-methyl/N-ethyl adjacent to an activating group) is 1. The molecule has 88 valence electrons. The second-order valence-corrected chi connectivity index (χ2v) is 3.93. The molecule has 0 bridgehead atoms. The third-order valence-electron chi connectivity index (χ3n) is 2.93. The van der Waals surface area contributed by atoms with Gasteiger partial charge in [0, 0.05) is 24.2 Å². The number of fused-ring (bicyclic) bond motifs is 1. The largest absolute Gasteiger partial charge is 0.328 e. The van der Waals surface area contributed by atoms with E-state index in [-0.39, 0.29) is 5.91 Å². The number of azide groups is 1. The molecule has 2 aliphatic heterocycles. The van der Waals surface area contributed by atoms with Crippen molar-refractivity contribution in [1.29, 1.82) is 0 Å². The average molecular weight is 231 g/mol. The Balaban J connectivity index is 2.36. The molecule has 0 saturated carbocycles. The minimum atomic E-state index is -0.635. The quantitative estimate of drug-likeness (QED) is 0.392. The lowest BCUT2D eigenvalue weighted by atomic mass is 10.2. The van der Waals surface area contributed by atoms with Crippen molar-refractivity contribution in [3.05, 3.63) is 46.8 Å². The van der Waals surface area contributed by atoms with Crippen LogP contribution in [0.1, 0.15) is 6.42 Å². The number of hydrogen-bond acceptors (Lipinski definition) is 3. The Bertz CT molecular complexity index is 472. The fourth-order valence-corrected chi connectivity index (χ4v) is 2.00.